The van der Waals surface area contributed by atoms with Gasteiger partial charge in [0.15, 0.2) is 0 Å². The van der Waals surface area contributed by atoms with Gasteiger partial charge in [-0.1, -0.05) is 22.5 Å². The van der Waals surface area contributed by atoms with Crippen LogP contribution in [0.2, 0.25) is 0 Å². The van der Waals surface area contributed by atoms with Crippen molar-refractivity contribution in [2.75, 3.05) is 6.54 Å². The second-order valence-electron chi connectivity index (χ2n) is 3.03. The smallest absolute Gasteiger partial charge is 0.308 e. The molecule has 0 aromatic heterocycles. The number of carboxylic acid groups (broad SMARTS) is 1. The third-order valence-corrected chi connectivity index (χ3v) is 2.43. The lowest BCUT2D eigenvalue weighted by Gasteiger charge is -2.34. The quantitative estimate of drug-likeness (QED) is 0.771. The average molecular weight is 234 g/mol. The molecule has 0 saturated heterocycles. The molecule has 0 amide bonds. The Balaban J connectivity index is 2.25. The molecule has 0 spiro atoms. The van der Waals surface area contributed by atoms with Crippen LogP contribution in [0.5, 0.6) is 0 Å². The molecule has 68 valence electrons. The van der Waals surface area contributed by atoms with Gasteiger partial charge in [-0.2, -0.15) is 0 Å². The molecule has 0 radical (unpaired) electrons. The number of carboxylic acids is 1. The predicted octanol–water partition coefficient (Wildman–Crippen LogP) is 1.35. The Morgan fingerprint density at radius 3 is 2.67 bits per heavy atom. The van der Waals surface area contributed by atoms with E-state index in [4.69, 9.17) is 5.11 Å². The molecule has 1 rings (SSSR count). The first-order chi connectivity index (χ1) is 5.61. The summed E-state index contributed by atoms with van der Waals surface area (Å²) >= 11 is 3.21. The summed E-state index contributed by atoms with van der Waals surface area (Å²) in [5.74, 6) is -0.893. The van der Waals surface area contributed by atoms with Crippen LogP contribution in [0.15, 0.2) is 11.1 Å². The van der Waals surface area contributed by atoms with Crippen LogP contribution in [0.4, 0.5) is 0 Å². The van der Waals surface area contributed by atoms with Gasteiger partial charge in [-0.05, 0) is 12.8 Å². The second-order valence-corrected chi connectivity index (χ2v) is 4.15. The Bertz CT molecular complexity index is 205. The van der Waals surface area contributed by atoms with Crippen molar-refractivity contribution in [2.24, 2.45) is 5.92 Å². The molecule has 1 aliphatic carbocycles. The van der Waals surface area contributed by atoms with E-state index in [9.17, 15) is 4.79 Å². The largest absolute Gasteiger partial charge is 0.481 e. The van der Waals surface area contributed by atoms with Gasteiger partial charge in [0.05, 0.1) is 5.92 Å². The van der Waals surface area contributed by atoms with Gasteiger partial charge < -0.3 is 10.4 Å². The maximum atomic E-state index is 10.6. The van der Waals surface area contributed by atoms with Crippen LogP contribution in [0.25, 0.3) is 0 Å². The standard InChI is InChI=1S/C8H12BrNO2/c1-5(9)4-10-7-3-2-6(7)8(11)12/h6-7,10H,1-4H2,(H,11,12). The summed E-state index contributed by atoms with van der Waals surface area (Å²) in [6, 6.07) is 0.136. The lowest BCUT2D eigenvalue weighted by molar-refractivity contribution is -0.145. The molecule has 3 nitrogen and oxygen atoms in total. The highest BCUT2D eigenvalue weighted by atomic mass is 79.9. The summed E-state index contributed by atoms with van der Waals surface area (Å²) in [7, 11) is 0. The molecule has 2 unspecified atom stereocenters. The number of halogens is 1. The molecule has 1 aliphatic rings. The fourth-order valence-electron chi connectivity index (χ4n) is 1.28. The van der Waals surface area contributed by atoms with Crippen molar-refractivity contribution < 1.29 is 9.90 Å². The number of nitrogens with one attached hydrogen (secondary N) is 1. The zero-order valence-electron chi connectivity index (χ0n) is 6.72. The van der Waals surface area contributed by atoms with Crippen LogP contribution in [-0.4, -0.2) is 23.7 Å². The maximum Gasteiger partial charge on any atom is 0.308 e. The van der Waals surface area contributed by atoms with E-state index < -0.39 is 5.97 Å². The number of hydrogen-bond donors (Lipinski definition) is 2. The highest BCUT2D eigenvalue weighted by molar-refractivity contribution is 9.11. The van der Waals surface area contributed by atoms with Crippen molar-refractivity contribution in [1.82, 2.24) is 5.32 Å². The Morgan fingerprint density at radius 1 is 1.67 bits per heavy atom. The molecule has 4 heteroatoms. The monoisotopic (exact) mass is 233 g/mol. The summed E-state index contributed by atoms with van der Waals surface area (Å²) in [4.78, 5) is 10.6. The van der Waals surface area contributed by atoms with E-state index in [2.05, 4.69) is 27.8 Å². The molecule has 1 fully saturated rings. The third kappa shape index (κ3) is 2.32. The summed E-state index contributed by atoms with van der Waals surface area (Å²) < 4.78 is 0.860. The Hall–Kier alpha value is -0.350. The topological polar surface area (TPSA) is 49.3 Å². The fourth-order valence-corrected chi connectivity index (χ4v) is 1.44. The lowest BCUT2D eigenvalue weighted by atomic mass is 9.79. The Labute approximate surface area is 80.0 Å². The average Bonchev–Trinajstić information content (AvgIpc) is 1.82. The molecular formula is C8H12BrNO2. The van der Waals surface area contributed by atoms with E-state index in [1.54, 1.807) is 0 Å². The molecule has 0 aliphatic heterocycles. The molecule has 2 atom stereocenters. The normalized spacial score (nSPS) is 27.8. The minimum Gasteiger partial charge on any atom is -0.481 e. The Morgan fingerprint density at radius 2 is 2.33 bits per heavy atom. The lowest BCUT2D eigenvalue weighted by Crippen LogP contribution is -2.47. The van der Waals surface area contributed by atoms with E-state index >= 15 is 0 Å². The van der Waals surface area contributed by atoms with Crippen LogP contribution in [0.1, 0.15) is 12.8 Å². The number of aliphatic carboxylic acids is 1. The molecular weight excluding hydrogens is 222 g/mol. The van der Waals surface area contributed by atoms with Gasteiger partial charge in [0.1, 0.15) is 0 Å². The van der Waals surface area contributed by atoms with Crippen LogP contribution in [0.3, 0.4) is 0 Å². The van der Waals surface area contributed by atoms with Gasteiger partial charge in [0, 0.05) is 17.1 Å². The Kier molecular flexibility index (Phi) is 3.29. The van der Waals surface area contributed by atoms with Crippen LogP contribution < -0.4 is 5.32 Å². The van der Waals surface area contributed by atoms with Crippen LogP contribution >= 0.6 is 15.9 Å². The van der Waals surface area contributed by atoms with Crippen molar-refractivity contribution in [3.63, 3.8) is 0 Å². The first-order valence-corrected chi connectivity index (χ1v) is 4.70. The number of rotatable bonds is 4. The van der Waals surface area contributed by atoms with Crippen molar-refractivity contribution in [1.29, 1.82) is 0 Å². The first-order valence-electron chi connectivity index (χ1n) is 3.90. The third-order valence-electron chi connectivity index (χ3n) is 2.15. The minimum absolute atomic E-state index is 0.136. The molecule has 0 aromatic carbocycles. The zero-order valence-corrected chi connectivity index (χ0v) is 8.30. The summed E-state index contributed by atoms with van der Waals surface area (Å²) in [6.45, 7) is 4.31. The summed E-state index contributed by atoms with van der Waals surface area (Å²) in [5.41, 5.74) is 0. The molecule has 0 aromatic rings. The second kappa shape index (κ2) is 4.05. The minimum atomic E-state index is -0.695. The van der Waals surface area contributed by atoms with Crippen LogP contribution in [-0.2, 0) is 4.79 Å². The molecule has 0 heterocycles. The zero-order chi connectivity index (χ0) is 9.14. The van der Waals surface area contributed by atoms with E-state index in [1.165, 1.54) is 0 Å². The van der Waals surface area contributed by atoms with Crippen molar-refractivity contribution in [3.8, 4) is 0 Å². The van der Waals surface area contributed by atoms with Gasteiger partial charge >= 0.3 is 5.97 Å². The molecule has 1 saturated carbocycles. The van der Waals surface area contributed by atoms with Crippen molar-refractivity contribution in [2.45, 2.75) is 18.9 Å². The van der Waals surface area contributed by atoms with Gasteiger partial charge in [-0.25, -0.2) is 0 Å². The molecule has 2 N–H and O–H groups in total. The van der Waals surface area contributed by atoms with Crippen molar-refractivity contribution in [3.05, 3.63) is 11.1 Å². The first kappa shape index (κ1) is 9.74. The number of hydrogen-bond acceptors (Lipinski definition) is 2. The van der Waals surface area contributed by atoms with E-state index in [0.717, 1.165) is 17.3 Å². The van der Waals surface area contributed by atoms with E-state index in [-0.39, 0.29) is 12.0 Å². The SMILES string of the molecule is C=C(Br)CNC1CCC1C(=O)O. The molecule has 12 heavy (non-hydrogen) atoms. The highest BCUT2D eigenvalue weighted by Crippen LogP contribution is 2.27. The summed E-state index contributed by atoms with van der Waals surface area (Å²) in [6.07, 6.45) is 1.75. The maximum absolute atomic E-state index is 10.6. The fraction of sp³-hybridized carbons (Fsp3) is 0.625. The predicted molar refractivity (Wildman–Crippen MR) is 50.2 cm³/mol. The summed E-state index contributed by atoms with van der Waals surface area (Å²) in [5, 5.41) is 11.8. The van der Waals surface area contributed by atoms with Gasteiger partial charge in [0.25, 0.3) is 0 Å². The van der Waals surface area contributed by atoms with E-state index in [0.29, 0.717) is 6.54 Å². The van der Waals surface area contributed by atoms with Gasteiger partial charge in [0.2, 0.25) is 0 Å². The number of carbonyl (C=O) groups is 1. The molecule has 0 bridgehead atoms. The van der Waals surface area contributed by atoms with Crippen molar-refractivity contribution >= 4 is 21.9 Å². The van der Waals surface area contributed by atoms with Gasteiger partial charge in [-0.15, -0.1) is 0 Å². The van der Waals surface area contributed by atoms with Crippen LogP contribution in [0, 0.1) is 5.92 Å². The van der Waals surface area contributed by atoms with E-state index in [1.807, 2.05) is 0 Å². The van der Waals surface area contributed by atoms with Gasteiger partial charge in [-0.3, -0.25) is 4.79 Å². The highest BCUT2D eigenvalue weighted by Gasteiger charge is 2.35.